The lowest BCUT2D eigenvalue weighted by atomic mass is 10.2. The van der Waals surface area contributed by atoms with Gasteiger partial charge in [-0.25, -0.2) is 0 Å². The summed E-state index contributed by atoms with van der Waals surface area (Å²) in [6.45, 7) is 1.45. The van der Waals surface area contributed by atoms with Gasteiger partial charge in [0.15, 0.2) is 0 Å². The smallest absolute Gasteiger partial charge is 0.266 e. The Morgan fingerprint density at radius 2 is 2.33 bits per heavy atom. The van der Waals surface area contributed by atoms with Crippen LogP contribution in [0.4, 0.5) is 0 Å². The molecule has 94 valence electrons. The fourth-order valence-electron chi connectivity index (χ4n) is 1.42. The fourth-order valence-corrected chi connectivity index (χ4v) is 3.59. The van der Waals surface area contributed by atoms with Gasteiger partial charge in [0, 0.05) is 4.88 Å². The van der Waals surface area contributed by atoms with Crippen LogP contribution in [0.25, 0.3) is 6.08 Å². The Morgan fingerprint density at radius 1 is 1.61 bits per heavy atom. The molecule has 0 radical (unpaired) electrons. The lowest BCUT2D eigenvalue weighted by Gasteiger charge is -2.14. The van der Waals surface area contributed by atoms with Crippen LogP contribution in [-0.4, -0.2) is 27.6 Å². The molecular formula is C11H8NO3S3-. The third-order valence-electron chi connectivity index (χ3n) is 2.32. The quantitative estimate of drug-likeness (QED) is 0.615. The molecule has 1 aliphatic heterocycles. The summed E-state index contributed by atoms with van der Waals surface area (Å²) in [5, 5.41) is 12.5. The normalized spacial score (nSPS) is 17.8. The van der Waals surface area contributed by atoms with Crippen LogP contribution in [0.1, 0.15) is 10.4 Å². The lowest BCUT2D eigenvalue weighted by molar-refractivity contribution is -0.305. The van der Waals surface area contributed by atoms with E-state index < -0.39 is 12.5 Å². The number of rotatable bonds is 3. The molecule has 0 unspecified atom stereocenters. The molecule has 2 rings (SSSR count). The van der Waals surface area contributed by atoms with Gasteiger partial charge in [0.1, 0.15) is 4.32 Å². The molecule has 0 spiro atoms. The first-order chi connectivity index (χ1) is 8.49. The van der Waals surface area contributed by atoms with Crippen LogP contribution in [0.15, 0.2) is 16.4 Å². The van der Waals surface area contributed by atoms with E-state index in [2.05, 4.69) is 0 Å². The number of carbonyl (C=O) groups is 2. The van der Waals surface area contributed by atoms with Gasteiger partial charge in [0.2, 0.25) is 0 Å². The van der Waals surface area contributed by atoms with Gasteiger partial charge >= 0.3 is 0 Å². The maximum Gasteiger partial charge on any atom is 0.266 e. The number of hydrogen-bond acceptors (Lipinski definition) is 6. The summed E-state index contributed by atoms with van der Waals surface area (Å²) >= 11 is 7.62. The second-order valence-electron chi connectivity index (χ2n) is 3.61. The van der Waals surface area contributed by atoms with E-state index in [4.69, 9.17) is 12.2 Å². The van der Waals surface area contributed by atoms with Crippen LogP contribution >= 0.6 is 35.3 Å². The molecule has 1 aromatic heterocycles. The molecule has 0 aliphatic carbocycles. The highest BCUT2D eigenvalue weighted by Gasteiger charge is 2.32. The first-order valence-electron chi connectivity index (χ1n) is 4.98. The first-order valence-corrected chi connectivity index (χ1v) is 7.09. The Hall–Kier alpha value is -1.18. The number of hydrogen-bond donors (Lipinski definition) is 0. The maximum absolute atomic E-state index is 12.0. The number of carbonyl (C=O) groups excluding carboxylic acids is 2. The van der Waals surface area contributed by atoms with Crippen molar-refractivity contribution in [1.29, 1.82) is 0 Å². The molecule has 2 heterocycles. The van der Waals surface area contributed by atoms with Crippen LogP contribution in [0.5, 0.6) is 0 Å². The van der Waals surface area contributed by atoms with E-state index in [9.17, 15) is 14.7 Å². The number of thioether (sulfide) groups is 1. The third-order valence-corrected chi connectivity index (χ3v) is 4.67. The Labute approximate surface area is 117 Å². The number of aliphatic carboxylic acids is 1. The molecule has 0 bridgehead atoms. The number of carboxylic acid groups (broad SMARTS) is 1. The van der Waals surface area contributed by atoms with Gasteiger partial charge < -0.3 is 9.90 Å². The molecule has 0 aromatic carbocycles. The molecule has 4 nitrogen and oxygen atoms in total. The number of thiocarbonyl (C=S) groups is 1. The predicted molar refractivity (Wildman–Crippen MR) is 73.9 cm³/mol. The Kier molecular flexibility index (Phi) is 3.84. The number of aryl methyl sites for hydroxylation is 1. The summed E-state index contributed by atoms with van der Waals surface area (Å²) < 4.78 is 0.254. The average Bonchev–Trinajstić information content (AvgIpc) is 2.79. The van der Waals surface area contributed by atoms with Crippen LogP contribution in [0.3, 0.4) is 0 Å². The van der Waals surface area contributed by atoms with Gasteiger partial charge in [-0.05, 0) is 30.0 Å². The summed E-state index contributed by atoms with van der Waals surface area (Å²) in [7, 11) is 0. The number of thiophene rings is 1. The van der Waals surface area contributed by atoms with E-state index >= 15 is 0 Å². The largest absolute Gasteiger partial charge is 0.548 e. The van der Waals surface area contributed by atoms with Crippen molar-refractivity contribution < 1.29 is 14.7 Å². The van der Waals surface area contributed by atoms with Gasteiger partial charge in [0.05, 0.1) is 17.4 Å². The third kappa shape index (κ3) is 2.63. The summed E-state index contributed by atoms with van der Waals surface area (Å²) in [5.41, 5.74) is 1.07. The highest BCUT2D eigenvalue weighted by atomic mass is 32.2. The van der Waals surface area contributed by atoms with Gasteiger partial charge in [-0.15, -0.1) is 11.3 Å². The highest BCUT2D eigenvalue weighted by Crippen LogP contribution is 2.33. The van der Waals surface area contributed by atoms with E-state index in [0.717, 1.165) is 27.1 Å². The standard InChI is InChI=1S/C11H9NO3S3/c1-6-2-3-17-7(6)4-8-10(15)12(5-9(13)14)11(16)18-8/h2-4H,5H2,1H3,(H,13,14)/p-1/b8-4+. The van der Waals surface area contributed by atoms with E-state index in [1.165, 1.54) is 11.3 Å². The monoisotopic (exact) mass is 298 g/mol. The molecule has 1 aliphatic rings. The van der Waals surface area contributed by atoms with Crippen molar-refractivity contribution >= 4 is 57.6 Å². The van der Waals surface area contributed by atoms with Crippen LogP contribution in [0, 0.1) is 6.92 Å². The maximum atomic E-state index is 12.0. The van der Waals surface area contributed by atoms with Crippen molar-refractivity contribution in [3.8, 4) is 0 Å². The summed E-state index contributed by atoms with van der Waals surface area (Å²) in [6.07, 6.45) is 1.74. The van der Waals surface area contributed by atoms with E-state index in [0.29, 0.717) is 4.91 Å². The summed E-state index contributed by atoms with van der Waals surface area (Å²) in [6, 6.07) is 1.96. The second kappa shape index (κ2) is 5.21. The zero-order valence-corrected chi connectivity index (χ0v) is 11.8. The van der Waals surface area contributed by atoms with Gasteiger partial charge in [-0.3, -0.25) is 9.69 Å². The minimum absolute atomic E-state index is 0.254. The second-order valence-corrected chi connectivity index (χ2v) is 6.23. The molecular weight excluding hydrogens is 290 g/mol. The van der Waals surface area contributed by atoms with Crippen LogP contribution in [-0.2, 0) is 9.59 Å². The Morgan fingerprint density at radius 3 is 2.89 bits per heavy atom. The number of carboxylic acids is 1. The van der Waals surface area contributed by atoms with Crippen LogP contribution in [0.2, 0.25) is 0 Å². The van der Waals surface area contributed by atoms with E-state index in [1.807, 2.05) is 18.4 Å². The van der Waals surface area contributed by atoms with Crippen molar-refractivity contribution in [3.05, 3.63) is 26.8 Å². The first kappa shape index (κ1) is 13.3. The minimum Gasteiger partial charge on any atom is -0.548 e. The molecule has 0 atom stereocenters. The molecule has 1 amide bonds. The SMILES string of the molecule is Cc1ccsc1/C=C1/SC(=S)N(CC(=O)[O-])C1=O. The van der Waals surface area contributed by atoms with E-state index in [-0.39, 0.29) is 10.2 Å². The Bertz CT molecular complexity index is 562. The van der Waals surface area contributed by atoms with Crippen molar-refractivity contribution in [2.75, 3.05) is 6.54 Å². The molecule has 0 N–H and O–H groups in total. The highest BCUT2D eigenvalue weighted by molar-refractivity contribution is 8.26. The molecule has 1 fully saturated rings. The van der Waals surface area contributed by atoms with Gasteiger partial charge in [0.25, 0.3) is 5.91 Å². The number of amides is 1. The molecule has 1 aromatic rings. The molecule has 7 heteroatoms. The molecule has 0 saturated carbocycles. The summed E-state index contributed by atoms with van der Waals surface area (Å²) in [4.78, 5) is 25.0. The van der Waals surface area contributed by atoms with Crippen molar-refractivity contribution in [3.63, 3.8) is 0 Å². The average molecular weight is 298 g/mol. The predicted octanol–water partition coefficient (Wildman–Crippen LogP) is 1.01. The number of nitrogens with zero attached hydrogens (tertiary/aromatic N) is 1. The van der Waals surface area contributed by atoms with Gasteiger partial charge in [-0.2, -0.15) is 0 Å². The molecule has 1 saturated heterocycles. The Balaban J connectivity index is 2.25. The fraction of sp³-hybridized carbons (Fsp3) is 0.182. The van der Waals surface area contributed by atoms with Crippen LogP contribution < -0.4 is 5.11 Å². The molecule has 18 heavy (non-hydrogen) atoms. The van der Waals surface area contributed by atoms with Crippen molar-refractivity contribution in [1.82, 2.24) is 4.90 Å². The minimum atomic E-state index is -1.32. The van der Waals surface area contributed by atoms with Crippen molar-refractivity contribution in [2.45, 2.75) is 6.92 Å². The zero-order valence-electron chi connectivity index (χ0n) is 9.34. The lowest BCUT2D eigenvalue weighted by Crippen LogP contribution is -2.40. The zero-order chi connectivity index (χ0) is 13.3. The van der Waals surface area contributed by atoms with E-state index in [1.54, 1.807) is 6.08 Å². The van der Waals surface area contributed by atoms with Gasteiger partial charge in [-0.1, -0.05) is 24.0 Å². The topological polar surface area (TPSA) is 60.4 Å². The van der Waals surface area contributed by atoms with Crippen molar-refractivity contribution in [2.24, 2.45) is 0 Å². The summed E-state index contributed by atoms with van der Waals surface area (Å²) in [5.74, 6) is -1.69.